The van der Waals surface area contributed by atoms with Crippen molar-refractivity contribution in [3.63, 3.8) is 0 Å². The molecule has 0 aliphatic heterocycles. The van der Waals surface area contributed by atoms with E-state index in [9.17, 15) is 4.79 Å². The van der Waals surface area contributed by atoms with E-state index in [4.69, 9.17) is 9.68 Å². The number of benzene rings is 1. The standard InChI is InChI=1S/C23H24N6O2/c1-23(2,3)21(29-22(26-15-24)27-18-6-4-12-25-14-18)28-20(30)17-10-8-16(9-11-17)19-7-5-13-31-19/h4-14,21H,1-3H3,(H,28,30)(H2,26,27,29). The van der Waals surface area contributed by atoms with Gasteiger partial charge in [-0.2, -0.15) is 5.26 Å². The third-order valence-corrected chi connectivity index (χ3v) is 4.40. The Morgan fingerprint density at radius 3 is 2.52 bits per heavy atom. The summed E-state index contributed by atoms with van der Waals surface area (Å²) in [5.74, 6) is 0.675. The molecule has 1 aromatic carbocycles. The summed E-state index contributed by atoms with van der Waals surface area (Å²) in [5.41, 5.74) is 1.63. The smallest absolute Gasteiger partial charge is 0.252 e. The predicted molar refractivity (Wildman–Crippen MR) is 119 cm³/mol. The molecule has 2 aromatic heterocycles. The summed E-state index contributed by atoms with van der Waals surface area (Å²) in [5, 5.41) is 17.6. The molecule has 1 atom stereocenters. The number of nitrogens with zero attached hydrogens (tertiary/aromatic N) is 3. The summed E-state index contributed by atoms with van der Waals surface area (Å²) in [6.07, 6.45) is 6.12. The number of carbonyl (C=O) groups excluding carboxylic acids is 1. The Kier molecular flexibility index (Phi) is 6.67. The lowest BCUT2D eigenvalue weighted by Crippen LogP contribution is -2.44. The Bertz CT molecular complexity index is 1060. The van der Waals surface area contributed by atoms with Gasteiger partial charge in [0.1, 0.15) is 11.9 Å². The van der Waals surface area contributed by atoms with E-state index in [1.807, 2.05) is 51.2 Å². The summed E-state index contributed by atoms with van der Waals surface area (Å²) < 4.78 is 5.38. The number of carbonyl (C=O) groups is 1. The van der Waals surface area contributed by atoms with Gasteiger partial charge >= 0.3 is 0 Å². The molecule has 31 heavy (non-hydrogen) atoms. The zero-order valence-electron chi connectivity index (χ0n) is 17.6. The minimum Gasteiger partial charge on any atom is -0.464 e. The van der Waals surface area contributed by atoms with Gasteiger partial charge in [0.2, 0.25) is 5.96 Å². The Balaban J connectivity index is 1.79. The molecule has 158 valence electrons. The van der Waals surface area contributed by atoms with Crippen LogP contribution in [0.25, 0.3) is 11.3 Å². The molecule has 1 unspecified atom stereocenters. The highest BCUT2D eigenvalue weighted by Gasteiger charge is 2.27. The van der Waals surface area contributed by atoms with Crippen LogP contribution >= 0.6 is 0 Å². The summed E-state index contributed by atoms with van der Waals surface area (Å²) in [6.45, 7) is 5.86. The maximum Gasteiger partial charge on any atom is 0.252 e. The Morgan fingerprint density at radius 2 is 1.94 bits per heavy atom. The van der Waals surface area contributed by atoms with Gasteiger partial charge in [-0.1, -0.05) is 32.9 Å². The normalized spacial score (nSPS) is 12.5. The summed E-state index contributed by atoms with van der Waals surface area (Å²) in [7, 11) is 0. The molecule has 3 aromatic rings. The highest BCUT2D eigenvalue weighted by atomic mass is 16.3. The quantitative estimate of drug-likeness (QED) is 0.251. The molecule has 2 heterocycles. The van der Waals surface area contributed by atoms with Gasteiger partial charge < -0.3 is 15.1 Å². The first kappa shape index (κ1) is 21.6. The molecular weight excluding hydrogens is 392 g/mol. The van der Waals surface area contributed by atoms with Crippen molar-refractivity contribution in [3.05, 3.63) is 72.8 Å². The number of rotatable bonds is 5. The van der Waals surface area contributed by atoms with E-state index in [1.54, 1.807) is 42.9 Å². The van der Waals surface area contributed by atoms with Crippen molar-refractivity contribution < 1.29 is 9.21 Å². The highest BCUT2D eigenvalue weighted by Crippen LogP contribution is 2.23. The number of hydrogen-bond donors (Lipinski definition) is 3. The van der Waals surface area contributed by atoms with Gasteiger partial charge in [-0.15, -0.1) is 0 Å². The first-order chi connectivity index (χ1) is 14.9. The fourth-order valence-electron chi connectivity index (χ4n) is 2.73. The fraction of sp³-hybridized carbons (Fsp3) is 0.217. The number of nitrogens with one attached hydrogen (secondary N) is 3. The van der Waals surface area contributed by atoms with Crippen molar-refractivity contribution in [1.82, 2.24) is 15.6 Å². The predicted octanol–water partition coefficient (Wildman–Crippen LogP) is 3.98. The second kappa shape index (κ2) is 9.59. The average molecular weight is 416 g/mol. The minimum absolute atomic E-state index is 0.212. The summed E-state index contributed by atoms with van der Waals surface area (Å²) in [6, 6.07) is 14.4. The molecule has 0 bridgehead atoms. The van der Waals surface area contributed by atoms with Crippen LogP contribution in [0.1, 0.15) is 31.1 Å². The van der Waals surface area contributed by atoms with Crippen molar-refractivity contribution in [2.24, 2.45) is 10.4 Å². The summed E-state index contributed by atoms with van der Waals surface area (Å²) >= 11 is 0. The molecule has 8 heteroatoms. The van der Waals surface area contributed by atoms with E-state index in [1.165, 1.54) is 0 Å². The molecule has 0 spiro atoms. The van der Waals surface area contributed by atoms with E-state index in [2.05, 4.69) is 25.9 Å². The minimum atomic E-state index is -0.607. The van der Waals surface area contributed by atoms with Gasteiger partial charge in [0, 0.05) is 22.7 Å². The number of nitriles is 1. The van der Waals surface area contributed by atoms with Crippen LogP contribution in [-0.2, 0) is 0 Å². The Morgan fingerprint density at radius 1 is 1.16 bits per heavy atom. The van der Waals surface area contributed by atoms with Gasteiger partial charge in [0.25, 0.3) is 5.91 Å². The number of aliphatic imine (C=N–C) groups is 1. The van der Waals surface area contributed by atoms with E-state index in [0.717, 1.165) is 11.3 Å². The fourth-order valence-corrected chi connectivity index (χ4v) is 2.73. The maximum atomic E-state index is 12.9. The van der Waals surface area contributed by atoms with Crippen molar-refractivity contribution >= 4 is 17.6 Å². The molecule has 0 radical (unpaired) electrons. The highest BCUT2D eigenvalue weighted by molar-refractivity contribution is 5.96. The second-order valence-corrected chi connectivity index (χ2v) is 7.88. The van der Waals surface area contributed by atoms with Crippen molar-refractivity contribution in [3.8, 4) is 17.5 Å². The number of guanidine groups is 1. The van der Waals surface area contributed by atoms with Crippen molar-refractivity contribution in [1.29, 1.82) is 5.26 Å². The van der Waals surface area contributed by atoms with Crippen LogP contribution in [0.2, 0.25) is 0 Å². The third-order valence-electron chi connectivity index (χ3n) is 4.40. The van der Waals surface area contributed by atoms with Crippen LogP contribution in [0.4, 0.5) is 5.69 Å². The zero-order chi connectivity index (χ0) is 22.3. The van der Waals surface area contributed by atoms with E-state index in [0.29, 0.717) is 11.3 Å². The zero-order valence-corrected chi connectivity index (χ0v) is 17.6. The first-order valence-electron chi connectivity index (χ1n) is 9.71. The van der Waals surface area contributed by atoms with Crippen LogP contribution in [0, 0.1) is 16.9 Å². The van der Waals surface area contributed by atoms with Gasteiger partial charge in [0.15, 0.2) is 6.19 Å². The van der Waals surface area contributed by atoms with Crippen molar-refractivity contribution in [2.45, 2.75) is 26.9 Å². The molecule has 0 saturated carbocycles. The lowest BCUT2D eigenvalue weighted by molar-refractivity contribution is 0.0906. The summed E-state index contributed by atoms with van der Waals surface area (Å²) in [4.78, 5) is 21.5. The molecular formula is C23H24N6O2. The number of aromatic nitrogens is 1. The monoisotopic (exact) mass is 416 g/mol. The van der Waals surface area contributed by atoms with E-state index in [-0.39, 0.29) is 11.9 Å². The second-order valence-electron chi connectivity index (χ2n) is 7.88. The molecule has 3 N–H and O–H groups in total. The van der Waals surface area contributed by atoms with Crippen LogP contribution in [0.15, 0.2) is 76.6 Å². The maximum absolute atomic E-state index is 12.9. The SMILES string of the molecule is CC(C)(C)C(/N=C(\NC#N)Nc1cccnc1)NC(=O)c1ccc(-c2ccco2)cc1. The van der Waals surface area contributed by atoms with Gasteiger partial charge in [0.05, 0.1) is 18.1 Å². The lowest BCUT2D eigenvalue weighted by atomic mass is 9.92. The van der Waals surface area contributed by atoms with Gasteiger partial charge in [-0.05, 0) is 36.4 Å². The molecule has 0 aliphatic rings. The number of furan rings is 1. The molecule has 0 aliphatic carbocycles. The largest absolute Gasteiger partial charge is 0.464 e. The number of pyridine rings is 1. The molecule has 8 nitrogen and oxygen atoms in total. The van der Waals surface area contributed by atoms with Gasteiger partial charge in [-0.25, -0.2) is 4.99 Å². The van der Waals surface area contributed by atoms with E-state index >= 15 is 0 Å². The Hall–Kier alpha value is -4.12. The van der Waals surface area contributed by atoms with Crippen molar-refractivity contribution in [2.75, 3.05) is 5.32 Å². The third kappa shape index (κ3) is 5.93. The molecule has 1 amide bonds. The number of amides is 1. The van der Waals surface area contributed by atoms with Crippen LogP contribution < -0.4 is 16.0 Å². The topological polar surface area (TPSA) is 115 Å². The average Bonchev–Trinajstić information content (AvgIpc) is 3.28. The number of anilines is 1. The van der Waals surface area contributed by atoms with Crippen LogP contribution in [-0.4, -0.2) is 23.0 Å². The first-order valence-corrected chi connectivity index (χ1v) is 9.71. The Labute approximate surface area is 181 Å². The lowest BCUT2D eigenvalue weighted by Gasteiger charge is -2.29. The van der Waals surface area contributed by atoms with Crippen LogP contribution in [0.5, 0.6) is 0 Å². The molecule has 0 saturated heterocycles. The van der Waals surface area contributed by atoms with E-state index < -0.39 is 11.6 Å². The number of hydrogen-bond acceptors (Lipinski definition) is 5. The van der Waals surface area contributed by atoms with Gasteiger partial charge in [-0.3, -0.25) is 15.1 Å². The molecule has 0 fully saturated rings. The molecule has 3 rings (SSSR count). The van der Waals surface area contributed by atoms with Crippen LogP contribution in [0.3, 0.4) is 0 Å².